The van der Waals surface area contributed by atoms with Crippen LogP contribution in [0, 0.1) is 6.92 Å². The minimum absolute atomic E-state index is 0.233. The molecule has 1 heterocycles. The van der Waals surface area contributed by atoms with Crippen molar-refractivity contribution in [2.45, 2.75) is 18.9 Å². The number of methoxy groups -OCH3 is 2. The van der Waals surface area contributed by atoms with Crippen LogP contribution in [0.15, 0.2) is 66.7 Å². The van der Waals surface area contributed by atoms with Crippen LogP contribution in [0.4, 0.5) is 5.69 Å². The summed E-state index contributed by atoms with van der Waals surface area (Å²) in [5.74, 6) is 0.690. The highest BCUT2D eigenvalue weighted by Gasteiger charge is 2.50. The van der Waals surface area contributed by atoms with Crippen molar-refractivity contribution in [1.82, 2.24) is 0 Å². The molecule has 3 aromatic carbocycles. The number of hydrogen-bond acceptors (Lipinski definition) is 6. The Kier molecular flexibility index (Phi) is 6.56. The molecule has 0 fully saturated rings. The number of ether oxygens (including phenoxy) is 3. The molecule has 1 atom stereocenters. The number of benzene rings is 3. The van der Waals surface area contributed by atoms with E-state index < -0.39 is 17.9 Å². The van der Waals surface area contributed by atoms with Crippen molar-refractivity contribution in [1.29, 1.82) is 0 Å². The van der Waals surface area contributed by atoms with E-state index in [9.17, 15) is 14.7 Å². The first kappa shape index (κ1) is 23.3. The lowest BCUT2D eigenvalue weighted by Gasteiger charge is -2.23. The quantitative estimate of drug-likeness (QED) is 0.487. The van der Waals surface area contributed by atoms with Crippen LogP contribution in [0.3, 0.4) is 0 Å². The van der Waals surface area contributed by atoms with Crippen LogP contribution in [-0.2, 0) is 10.4 Å². The number of fused-ring (bicyclic) bond motifs is 1. The fourth-order valence-electron chi connectivity index (χ4n) is 4.21. The molecular formula is C27H27NO6. The summed E-state index contributed by atoms with van der Waals surface area (Å²) in [5.41, 5.74) is 0.322. The number of hydrogen-bond donors (Lipinski definition) is 1. The van der Waals surface area contributed by atoms with E-state index in [4.69, 9.17) is 14.2 Å². The summed E-state index contributed by atoms with van der Waals surface area (Å²) in [6.45, 7) is 2.42. The Balaban J connectivity index is 1.55. The first-order valence-corrected chi connectivity index (χ1v) is 11.0. The van der Waals surface area contributed by atoms with Crippen LogP contribution in [0.5, 0.6) is 17.2 Å². The van der Waals surface area contributed by atoms with Crippen molar-refractivity contribution in [3.63, 3.8) is 0 Å². The lowest BCUT2D eigenvalue weighted by Crippen LogP contribution is -2.43. The van der Waals surface area contributed by atoms with Crippen molar-refractivity contribution < 1.29 is 28.9 Å². The van der Waals surface area contributed by atoms with Crippen LogP contribution in [0.1, 0.15) is 27.9 Å². The van der Waals surface area contributed by atoms with Gasteiger partial charge < -0.3 is 24.2 Å². The Hall–Kier alpha value is -3.84. The largest absolute Gasteiger partial charge is 0.493 e. The lowest BCUT2D eigenvalue weighted by atomic mass is 9.88. The lowest BCUT2D eigenvalue weighted by molar-refractivity contribution is -0.135. The van der Waals surface area contributed by atoms with Gasteiger partial charge in [0, 0.05) is 11.1 Å². The Morgan fingerprint density at radius 2 is 1.65 bits per heavy atom. The molecule has 0 saturated carbocycles. The molecule has 0 spiro atoms. The van der Waals surface area contributed by atoms with Crippen LogP contribution in [0.2, 0.25) is 0 Å². The Morgan fingerprint density at radius 3 is 2.38 bits per heavy atom. The summed E-state index contributed by atoms with van der Waals surface area (Å²) >= 11 is 0. The molecule has 0 aliphatic carbocycles. The van der Waals surface area contributed by atoms with Gasteiger partial charge in [-0.25, -0.2) is 0 Å². The first-order valence-electron chi connectivity index (χ1n) is 11.0. The standard InChI is InChI=1S/C27H27NO6/c1-18-8-4-7-11-23(18)34-15-14-28-21-10-6-5-9-20(21)27(31,26(28)30)17-22(29)19-12-13-24(32-2)25(16-19)33-3/h4-13,16,31H,14-15,17H2,1-3H3/t27-/m1/s1. The number of ketones is 1. The molecular weight excluding hydrogens is 434 g/mol. The smallest absolute Gasteiger partial charge is 0.264 e. The van der Waals surface area contributed by atoms with E-state index in [0.29, 0.717) is 28.3 Å². The maximum atomic E-state index is 13.4. The van der Waals surface area contributed by atoms with Gasteiger partial charge >= 0.3 is 0 Å². The number of aliphatic hydroxyl groups is 1. The zero-order chi connectivity index (χ0) is 24.3. The number of anilines is 1. The highest BCUT2D eigenvalue weighted by Crippen LogP contribution is 2.43. The number of Topliss-reactive ketones (excluding diaryl/α,β-unsaturated/α-hetero) is 1. The number of nitrogens with zero attached hydrogens (tertiary/aromatic N) is 1. The van der Waals surface area contributed by atoms with Gasteiger partial charge in [0.15, 0.2) is 22.9 Å². The highest BCUT2D eigenvalue weighted by atomic mass is 16.5. The molecule has 7 nitrogen and oxygen atoms in total. The second kappa shape index (κ2) is 9.57. The fourth-order valence-corrected chi connectivity index (χ4v) is 4.21. The van der Waals surface area contributed by atoms with Crippen LogP contribution in [-0.4, -0.2) is 44.2 Å². The minimum Gasteiger partial charge on any atom is -0.493 e. The molecule has 0 aromatic heterocycles. The number of carbonyl (C=O) groups is 2. The van der Waals surface area contributed by atoms with E-state index in [0.717, 1.165) is 11.3 Å². The molecule has 0 unspecified atom stereocenters. The van der Waals surface area contributed by atoms with Gasteiger partial charge in [0.25, 0.3) is 5.91 Å². The van der Waals surface area contributed by atoms with Gasteiger partial charge in [-0.15, -0.1) is 0 Å². The van der Waals surface area contributed by atoms with E-state index in [-0.39, 0.29) is 18.9 Å². The topological polar surface area (TPSA) is 85.3 Å². The normalized spacial score (nSPS) is 16.8. The molecule has 176 valence electrons. The average Bonchev–Trinajstić information content (AvgIpc) is 3.06. The molecule has 7 heteroatoms. The van der Waals surface area contributed by atoms with Gasteiger partial charge in [-0.2, -0.15) is 0 Å². The van der Waals surface area contributed by atoms with Gasteiger partial charge in [0.2, 0.25) is 0 Å². The Bertz CT molecular complexity index is 1220. The third-order valence-corrected chi connectivity index (χ3v) is 6.03. The average molecular weight is 462 g/mol. The number of amides is 1. The zero-order valence-corrected chi connectivity index (χ0v) is 19.4. The molecule has 0 bridgehead atoms. The monoisotopic (exact) mass is 461 g/mol. The second-order valence-electron chi connectivity index (χ2n) is 8.12. The van der Waals surface area contributed by atoms with Crippen molar-refractivity contribution in [2.24, 2.45) is 0 Å². The van der Waals surface area contributed by atoms with Crippen LogP contribution >= 0.6 is 0 Å². The van der Waals surface area contributed by atoms with Gasteiger partial charge in [0.05, 0.1) is 32.9 Å². The fraction of sp³-hybridized carbons (Fsp3) is 0.259. The SMILES string of the molecule is COc1ccc(C(=O)C[C@]2(O)C(=O)N(CCOc3ccccc3C)c3ccccc32)cc1OC. The molecule has 4 rings (SSSR count). The maximum Gasteiger partial charge on any atom is 0.264 e. The second-order valence-corrected chi connectivity index (χ2v) is 8.12. The molecule has 0 saturated heterocycles. The summed E-state index contributed by atoms with van der Waals surface area (Å²) in [4.78, 5) is 28.0. The molecule has 1 aliphatic rings. The predicted molar refractivity (Wildman–Crippen MR) is 128 cm³/mol. The number of rotatable bonds is 9. The van der Waals surface area contributed by atoms with Gasteiger partial charge in [-0.1, -0.05) is 36.4 Å². The number of aryl methyl sites for hydroxylation is 1. The van der Waals surface area contributed by atoms with Crippen molar-refractivity contribution in [3.8, 4) is 17.2 Å². The third kappa shape index (κ3) is 4.22. The number of para-hydroxylation sites is 2. The maximum absolute atomic E-state index is 13.4. The molecule has 1 N–H and O–H groups in total. The van der Waals surface area contributed by atoms with Crippen LogP contribution < -0.4 is 19.1 Å². The summed E-state index contributed by atoms with van der Waals surface area (Å²) in [6, 6.07) is 19.4. The Labute approximate surface area is 198 Å². The first-order chi connectivity index (χ1) is 16.4. The Morgan fingerprint density at radius 1 is 0.941 bits per heavy atom. The van der Waals surface area contributed by atoms with Crippen LogP contribution in [0.25, 0.3) is 0 Å². The van der Waals surface area contributed by atoms with Gasteiger partial charge in [-0.3, -0.25) is 9.59 Å². The van der Waals surface area contributed by atoms with E-state index in [1.807, 2.05) is 31.2 Å². The summed E-state index contributed by atoms with van der Waals surface area (Å²) in [7, 11) is 2.99. The molecule has 1 aliphatic heterocycles. The van der Waals surface area contributed by atoms with E-state index in [2.05, 4.69) is 0 Å². The zero-order valence-electron chi connectivity index (χ0n) is 19.4. The highest BCUT2D eigenvalue weighted by molar-refractivity contribution is 6.10. The van der Waals surface area contributed by atoms with Gasteiger partial charge in [-0.05, 0) is 42.8 Å². The van der Waals surface area contributed by atoms with E-state index in [1.165, 1.54) is 19.1 Å². The van der Waals surface area contributed by atoms with Crippen molar-refractivity contribution in [2.75, 3.05) is 32.3 Å². The summed E-state index contributed by atoms with van der Waals surface area (Å²) in [6.07, 6.45) is -0.395. The predicted octanol–water partition coefficient (Wildman–Crippen LogP) is 3.90. The molecule has 34 heavy (non-hydrogen) atoms. The summed E-state index contributed by atoms with van der Waals surface area (Å²) < 4.78 is 16.4. The molecule has 0 radical (unpaired) electrons. The van der Waals surface area contributed by atoms with Crippen molar-refractivity contribution in [3.05, 3.63) is 83.4 Å². The van der Waals surface area contributed by atoms with Gasteiger partial charge in [0.1, 0.15) is 12.4 Å². The molecule has 3 aromatic rings. The minimum atomic E-state index is -1.97. The number of carbonyl (C=O) groups excluding carboxylic acids is 2. The molecule has 1 amide bonds. The van der Waals surface area contributed by atoms with E-state index in [1.54, 1.807) is 42.5 Å². The third-order valence-electron chi connectivity index (χ3n) is 6.03. The summed E-state index contributed by atoms with van der Waals surface area (Å²) in [5, 5.41) is 11.5. The van der Waals surface area contributed by atoms with E-state index >= 15 is 0 Å². The van der Waals surface area contributed by atoms with Crippen molar-refractivity contribution >= 4 is 17.4 Å².